The van der Waals surface area contributed by atoms with Crippen LogP contribution in [0.3, 0.4) is 0 Å². The molecule has 1 unspecified atom stereocenters. The van der Waals surface area contributed by atoms with E-state index in [0.717, 1.165) is 9.87 Å². The van der Waals surface area contributed by atoms with Gasteiger partial charge in [0.25, 0.3) is 0 Å². The fraction of sp³-hybridized carbons (Fsp3) is 0.409. The molecular weight excluding hydrogens is 459 g/mol. The third kappa shape index (κ3) is 4.10. The smallest absolute Gasteiger partial charge is 0.322 e. The zero-order valence-electron chi connectivity index (χ0n) is 18.5. The second kappa shape index (κ2) is 8.97. The molecule has 0 amide bonds. The van der Waals surface area contributed by atoms with Gasteiger partial charge in [0.2, 0.25) is 10.0 Å². The normalized spacial score (nSPS) is 17.7. The molecule has 0 saturated heterocycles. The van der Waals surface area contributed by atoms with Gasteiger partial charge in [-0.05, 0) is 48.7 Å². The van der Waals surface area contributed by atoms with Gasteiger partial charge in [-0.25, -0.2) is 12.8 Å². The summed E-state index contributed by atoms with van der Waals surface area (Å²) >= 11 is 6.18. The van der Waals surface area contributed by atoms with Gasteiger partial charge in [0.1, 0.15) is 16.8 Å². The number of benzene rings is 2. The van der Waals surface area contributed by atoms with E-state index in [0.29, 0.717) is 21.8 Å². The second-order valence-electron chi connectivity index (χ2n) is 8.05. The molecule has 0 bridgehead atoms. The van der Waals surface area contributed by atoms with Crippen LogP contribution in [0.15, 0.2) is 29.2 Å². The summed E-state index contributed by atoms with van der Waals surface area (Å²) < 4.78 is 48.3. The third-order valence-corrected chi connectivity index (χ3v) is 8.13. The first-order valence-corrected chi connectivity index (χ1v) is 11.8. The van der Waals surface area contributed by atoms with Gasteiger partial charge >= 0.3 is 5.97 Å². The number of carbonyl (C=O) groups is 1. The number of fused-ring (bicyclic) bond motifs is 1. The maximum absolute atomic E-state index is 14.8. The lowest BCUT2D eigenvalue weighted by Gasteiger charge is -2.41. The summed E-state index contributed by atoms with van der Waals surface area (Å²) in [6.45, 7) is 4.78. The zero-order valence-corrected chi connectivity index (χ0v) is 20.1. The number of methoxy groups -OCH3 is 1. The Morgan fingerprint density at radius 1 is 1.31 bits per heavy atom. The summed E-state index contributed by atoms with van der Waals surface area (Å²) in [5.74, 6) is -2.88. The highest BCUT2D eigenvalue weighted by Gasteiger charge is 2.46. The molecule has 1 N–H and O–H groups in total. The van der Waals surface area contributed by atoms with Crippen molar-refractivity contribution in [3.05, 3.63) is 57.4 Å². The molecule has 2 atom stereocenters. The maximum Gasteiger partial charge on any atom is 0.322 e. The first-order valence-electron chi connectivity index (χ1n) is 9.94. The molecule has 3 rings (SSSR count). The van der Waals surface area contributed by atoms with E-state index < -0.39 is 33.8 Å². The Labute approximate surface area is 192 Å². The fourth-order valence-corrected chi connectivity index (χ4v) is 6.60. The number of hydrogen-bond donors (Lipinski definition) is 1. The van der Waals surface area contributed by atoms with Crippen molar-refractivity contribution < 1.29 is 27.4 Å². The molecule has 32 heavy (non-hydrogen) atoms. The van der Waals surface area contributed by atoms with Crippen molar-refractivity contribution in [1.29, 1.82) is 0 Å². The average molecular weight is 485 g/mol. The van der Waals surface area contributed by atoms with Crippen molar-refractivity contribution in [2.24, 2.45) is 0 Å². The summed E-state index contributed by atoms with van der Waals surface area (Å²) in [7, 11) is -1.19. The van der Waals surface area contributed by atoms with Crippen LogP contribution in [-0.4, -0.2) is 50.7 Å². The lowest BCUT2D eigenvalue weighted by Crippen LogP contribution is -2.54. The quantitative estimate of drug-likeness (QED) is 0.669. The summed E-state index contributed by atoms with van der Waals surface area (Å²) in [4.78, 5) is 14.0. The van der Waals surface area contributed by atoms with Crippen LogP contribution in [0.1, 0.15) is 35.1 Å². The molecule has 1 aliphatic heterocycles. The number of sulfonamides is 1. The Kier molecular flexibility index (Phi) is 6.86. The van der Waals surface area contributed by atoms with Gasteiger partial charge < -0.3 is 14.7 Å². The van der Waals surface area contributed by atoms with Gasteiger partial charge in [-0.2, -0.15) is 4.31 Å². The number of anilines is 1. The van der Waals surface area contributed by atoms with Crippen LogP contribution in [0.25, 0.3) is 0 Å². The van der Waals surface area contributed by atoms with Gasteiger partial charge in [-0.15, -0.1) is 0 Å². The van der Waals surface area contributed by atoms with Gasteiger partial charge in [0.05, 0.1) is 19.0 Å². The van der Waals surface area contributed by atoms with Crippen molar-refractivity contribution in [2.45, 2.75) is 44.2 Å². The zero-order chi connectivity index (χ0) is 24.0. The van der Waals surface area contributed by atoms with E-state index in [2.05, 4.69) is 0 Å². The van der Waals surface area contributed by atoms with Gasteiger partial charge in [0, 0.05) is 30.7 Å². The Hall–Kier alpha value is -2.20. The highest BCUT2D eigenvalue weighted by Crippen LogP contribution is 2.41. The Bertz CT molecular complexity index is 1170. The number of hydrogen-bond acceptors (Lipinski definition) is 5. The SMILES string of the molecule is COCc1cc(Cl)cc2c1S(=O)(=O)N([C@H](C(=O)O)C(C)c1c(F)ccc(C)c1C)CN2C. The second-order valence-corrected chi connectivity index (χ2v) is 10.3. The van der Waals surface area contributed by atoms with E-state index >= 15 is 0 Å². The van der Waals surface area contributed by atoms with Crippen LogP contribution >= 0.6 is 11.6 Å². The molecule has 7 nitrogen and oxygen atoms in total. The van der Waals surface area contributed by atoms with Crippen LogP contribution < -0.4 is 4.90 Å². The van der Waals surface area contributed by atoms with E-state index in [4.69, 9.17) is 16.3 Å². The molecule has 0 aromatic heterocycles. The molecule has 0 aliphatic carbocycles. The lowest BCUT2D eigenvalue weighted by atomic mass is 9.87. The minimum absolute atomic E-state index is 0.0251. The number of nitrogens with zero attached hydrogens (tertiary/aromatic N) is 2. The monoisotopic (exact) mass is 484 g/mol. The first kappa shape index (κ1) is 24.4. The van der Waals surface area contributed by atoms with Crippen molar-refractivity contribution in [3.8, 4) is 0 Å². The number of aryl methyl sites for hydroxylation is 1. The van der Waals surface area contributed by atoms with Gasteiger partial charge in [-0.3, -0.25) is 4.79 Å². The summed E-state index contributed by atoms with van der Waals surface area (Å²) in [6.07, 6.45) is 0. The van der Waals surface area contributed by atoms with E-state index in [1.807, 2.05) is 0 Å². The van der Waals surface area contributed by atoms with Crippen LogP contribution in [-0.2, 0) is 26.2 Å². The molecule has 0 radical (unpaired) electrons. The topological polar surface area (TPSA) is 87.2 Å². The maximum atomic E-state index is 14.8. The summed E-state index contributed by atoms with van der Waals surface area (Å²) in [6, 6.07) is 4.37. The molecule has 174 valence electrons. The number of aliphatic carboxylic acids is 1. The number of carboxylic acids is 1. The Morgan fingerprint density at radius 3 is 2.56 bits per heavy atom. The number of carboxylic acid groups (broad SMARTS) is 1. The van der Waals surface area contributed by atoms with E-state index in [1.165, 1.54) is 32.2 Å². The van der Waals surface area contributed by atoms with Crippen molar-refractivity contribution in [3.63, 3.8) is 0 Å². The fourth-order valence-electron chi connectivity index (χ4n) is 4.30. The molecular formula is C22H26ClFN2O5S. The van der Waals surface area contributed by atoms with Gasteiger partial charge in [0.15, 0.2) is 0 Å². The third-order valence-electron chi connectivity index (χ3n) is 5.97. The largest absolute Gasteiger partial charge is 0.480 e. The standard InChI is InChI=1S/C22H26ClFN2O5S/c1-12-6-7-17(24)19(13(12)2)14(3)20(22(27)28)26-11-25(4)18-9-16(23)8-15(10-31-5)21(18)32(26,29)30/h6-9,14,20H,10-11H2,1-5H3,(H,27,28)/t14?,20-/m0/s1. The number of rotatable bonds is 6. The van der Waals surface area contributed by atoms with Crippen molar-refractivity contribution in [2.75, 3.05) is 25.7 Å². The van der Waals surface area contributed by atoms with Gasteiger partial charge in [-0.1, -0.05) is 24.6 Å². The van der Waals surface area contributed by atoms with Crippen LogP contribution in [0.2, 0.25) is 5.02 Å². The first-order chi connectivity index (χ1) is 14.9. The summed E-state index contributed by atoms with van der Waals surface area (Å²) in [5, 5.41) is 10.4. The lowest BCUT2D eigenvalue weighted by molar-refractivity contribution is -0.142. The predicted molar refractivity (Wildman–Crippen MR) is 120 cm³/mol. The highest BCUT2D eigenvalue weighted by molar-refractivity contribution is 7.89. The van der Waals surface area contributed by atoms with Crippen molar-refractivity contribution >= 4 is 33.3 Å². The van der Waals surface area contributed by atoms with Crippen LogP contribution in [0.4, 0.5) is 10.1 Å². The Morgan fingerprint density at radius 2 is 1.97 bits per heavy atom. The average Bonchev–Trinajstić information content (AvgIpc) is 2.69. The van der Waals surface area contributed by atoms with Crippen molar-refractivity contribution in [1.82, 2.24) is 4.31 Å². The molecule has 10 heteroatoms. The molecule has 0 fully saturated rings. The Balaban J connectivity index is 2.20. The van der Waals surface area contributed by atoms with E-state index in [9.17, 15) is 22.7 Å². The molecule has 2 aromatic rings. The summed E-state index contributed by atoms with van der Waals surface area (Å²) in [5.41, 5.74) is 2.25. The number of halogens is 2. The molecule has 1 heterocycles. The number of ether oxygens (including phenoxy) is 1. The molecule has 0 saturated carbocycles. The highest BCUT2D eigenvalue weighted by atomic mass is 35.5. The predicted octanol–water partition coefficient (Wildman–Crippen LogP) is 3.90. The molecule has 1 aliphatic rings. The molecule has 2 aromatic carbocycles. The van der Waals surface area contributed by atoms with E-state index in [-0.39, 0.29) is 23.7 Å². The van der Waals surface area contributed by atoms with E-state index in [1.54, 1.807) is 31.9 Å². The minimum atomic E-state index is -4.27. The van der Waals surface area contributed by atoms with Crippen LogP contribution in [0.5, 0.6) is 0 Å². The molecule has 0 spiro atoms. The minimum Gasteiger partial charge on any atom is -0.480 e. The van der Waals surface area contributed by atoms with Crippen LogP contribution in [0, 0.1) is 19.7 Å².